The molecule has 1 unspecified atom stereocenters. The molecule has 0 N–H and O–H groups in total. The summed E-state index contributed by atoms with van der Waals surface area (Å²) in [6.45, 7) is 4.21. The Morgan fingerprint density at radius 3 is 1.69 bits per heavy atom. The van der Waals surface area contributed by atoms with Gasteiger partial charge < -0.3 is 4.57 Å². The van der Waals surface area contributed by atoms with Gasteiger partial charge in [0.2, 0.25) is 0 Å². The predicted octanol–water partition coefficient (Wildman–Crippen LogP) is 7.42. The molecule has 3 heteroatoms. The lowest BCUT2D eigenvalue weighted by Crippen LogP contribution is -2.13. The molecule has 2 nitrogen and oxygen atoms in total. The number of hydrogen-bond donors (Lipinski definition) is 0. The van der Waals surface area contributed by atoms with Gasteiger partial charge in [0, 0.05) is 22.4 Å². The number of benzene rings is 4. The van der Waals surface area contributed by atoms with Crippen LogP contribution >= 0.6 is 7.14 Å². The molecule has 1 heterocycles. The largest absolute Gasteiger partial charge is 0.307 e. The van der Waals surface area contributed by atoms with E-state index in [0.717, 1.165) is 32.9 Å². The third kappa shape index (κ3) is 3.38. The number of nitrogens with zero attached hydrogens (tertiary/aromatic N) is 1. The molecule has 1 aliphatic heterocycles. The van der Waals surface area contributed by atoms with Gasteiger partial charge in [0.1, 0.15) is 5.45 Å². The quantitative estimate of drug-likeness (QED) is 0.308. The van der Waals surface area contributed by atoms with Crippen molar-refractivity contribution in [3.8, 4) is 11.1 Å². The van der Waals surface area contributed by atoms with Gasteiger partial charge in [0.15, 0.2) is 7.14 Å². The van der Waals surface area contributed by atoms with Crippen molar-refractivity contribution < 1.29 is 4.57 Å². The van der Waals surface area contributed by atoms with Crippen molar-refractivity contribution in [2.75, 3.05) is 0 Å². The molecule has 156 valence electrons. The first kappa shape index (κ1) is 20.4. The molecule has 5 rings (SSSR count). The molecule has 0 saturated heterocycles. The molecule has 0 saturated carbocycles. The number of rotatable bonds is 4. The maximum atomic E-state index is 14.9. The Labute approximate surface area is 189 Å². The Kier molecular flexibility index (Phi) is 5.25. The molecule has 0 spiro atoms. The van der Waals surface area contributed by atoms with Crippen molar-refractivity contribution in [2.24, 2.45) is 4.99 Å². The van der Waals surface area contributed by atoms with E-state index in [-0.39, 0.29) is 0 Å². The third-order valence-corrected chi connectivity index (χ3v) is 9.01. The fourth-order valence-corrected chi connectivity index (χ4v) is 7.49. The van der Waals surface area contributed by atoms with E-state index in [1.807, 2.05) is 72.9 Å². The highest BCUT2D eigenvalue weighted by molar-refractivity contribution is 7.96. The maximum Gasteiger partial charge on any atom is 0.191 e. The van der Waals surface area contributed by atoms with Crippen LogP contribution in [-0.2, 0) is 4.57 Å². The molecular weight excluding hydrogens is 409 g/mol. The van der Waals surface area contributed by atoms with E-state index in [2.05, 4.69) is 50.2 Å². The highest BCUT2D eigenvalue weighted by Gasteiger charge is 2.41. The molecule has 0 bridgehead atoms. The highest BCUT2D eigenvalue weighted by atomic mass is 31.2. The Bertz CT molecular complexity index is 1360. The second-order valence-electron chi connectivity index (χ2n) is 8.13. The Balaban J connectivity index is 1.68. The molecule has 32 heavy (non-hydrogen) atoms. The zero-order valence-electron chi connectivity index (χ0n) is 18.2. The second-order valence-corrected chi connectivity index (χ2v) is 10.8. The van der Waals surface area contributed by atoms with E-state index in [1.165, 1.54) is 11.1 Å². The Morgan fingerprint density at radius 2 is 1.12 bits per heavy atom. The van der Waals surface area contributed by atoms with Crippen LogP contribution in [0.1, 0.15) is 22.3 Å². The minimum Gasteiger partial charge on any atom is -0.307 e. The van der Waals surface area contributed by atoms with Crippen LogP contribution in [0, 0.1) is 13.8 Å². The molecule has 0 aliphatic carbocycles. The van der Waals surface area contributed by atoms with Gasteiger partial charge in [-0.05, 0) is 41.7 Å². The monoisotopic (exact) mass is 433 g/mol. The lowest BCUT2D eigenvalue weighted by atomic mass is 9.95. The predicted molar refractivity (Wildman–Crippen MR) is 136 cm³/mol. The molecule has 0 fully saturated rings. The summed E-state index contributed by atoms with van der Waals surface area (Å²) in [5.41, 5.74) is 7.16. The third-order valence-electron chi connectivity index (χ3n) is 5.99. The SMILES string of the molecule is Cc1cc(-c2ccccc2)cc(C)c1C1=CN=C(c2ccccc2)P1(=O)c1ccccc1. The highest BCUT2D eigenvalue weighted by Crippen LogP contribution is 2.64. The van der Waals surface area contributed by atoms with Crippen LogP contribution in [-0.4, -0.2) is 5.45 Å². The summed E-state index contributed by atoms with van der Waals surface area (Å²) in [5.74, 6) is 0. The first-order valence-electron chi connectivity index (χ1n) is 10.8. The van der Waals surface area contributed by atoms with Gasteiger partial charge in [-0.2, -0.15) is 0 Å². The van der Waals surface area contributed by atoms with Crippen LogP contribution in [0.25, 0.3) is 16.4 Å². The van der Waals surface area contributed by atoms with E-state index in [4.69, 9.17) is 4.99 Å². The van der Waals surface area contributed by atoms with Crippen LogP contribution in [0.2, 0.25) is 0 Å². The van der Waals surface area contributed by atoms with Crippen molar-refractivity contribution in [1.82, 2.24) is 0 Å². The molecular formula is C29H24NOP. The molecule has 4 aromatic rings. The van der Waals surface area contributed by atoms with Gasteiger partial charge in [-0.3, -0.25) is 4.99 Å². The zero-order chi connectivity index (χ0) is 22.1. The molecule has 0 amide bonds. The summed E-state index contributed by atoms with van der Waals surface area (Å²) in [6.07, 6.45) is 1.83. The summed E-state index contributed by atoms with van der Waals surface area (Å²) in [7, 11) is -3.12. The number of aryl methyl sites for hydroxylation is 2. The normalized spacial score (nSPS) is 17.7. The Morgan fingerprint density at radius 1 is 0.625 bits per heavy atom. The lowest BCUT2D eigenvalue weighted by molar-refractivity contribution is 0.594. The average Bonchev–Trinajstić information content (AvgIpc) is 3.18. The van der Waals surface area contributed by atoms with Gasteiger partial charge in [-0.15, -0.1) is 0 Å². The molecule has 0 radical (unpaired) electrons. The van der Waals surface area contributed by atoms with Crippen molar-refractivity contribution in [2.45, 2.75) is 13.8 Å². The number of hydrogen-bond acceptors (Lipinski definition) is 2. The van der Waals surface area contributed by atoms with Crippen LogP contribution in [0.5, 0.6) is 0 Å². The van der Waals surface area contributed by atoms with Gasteiger partial charge in [0.25, 0.3) is 0 Å². The second kappa shape index (κ2) is 8.22. The van der Waals surface area contributed by atoms with Gasteiger partial charge in [0.05, 0.1) is 0 Å². The first-order valence-corrected chi connectivity index (χ1v) is 12.5. The lowest BCUT2D eigenvalue weighted by Gasteiger charge is -2.23. The molecule has 1 atom stereocenters. The summed E-state index contributed by atoms with van der Waals surface area (Å²) in [6, 6.07) is 34.4. The summed E-state index contributed by atoms with van der Waals surface area (Å²) >= 11 is 0. The molecule has 0 aromatic heterocycles. The minimum atomic E-state index is -3.12. The number of aliphatic imine (C=N–C) groups is 1. The van der Waals surface area contributed by atoms with Gasteiger partial charge in [-0.1, -0.05) is 103 Å². The first-order chi connectivity index (χ1) is 15.6. The van der Waals surface area contributed by atoms with Crippen molar-refractivity contribution in [3.05, 3.63) is 132 Å². The van der Waals surface area contributed by atoms with E-state index >= 15 is 0 Å². The summed E-state index contributed by atoms with van der Waals surface area (Å²) in [4.78, 5) is 4.75. The topological polar surface area (TPSA) is 29.4 Å². The van der Waals surface area contributed by atoms with Gasteiger partial charge in [-0.25, -0.2) is 0 Å². The van der Waals surface area contributed by atoms with Crippen molar-refractivity contribution >= 4 is 23.2 Å². The molecule has 1 aliphatic rings. The van der Waals surface area contributed by atoms with Crippen LogP contribution in [0.4, 0.5) is 0 Å². The summed E-state index contributed by atoms with van der Waals surface area (Å²) in [5, 5.41) is 1.63. The van der Waals surface area contributed by atoms with E-state index in [9.17, 15) is 4.57 Å². The zero-order valence-corrected chi connectivity index (χ0v) is 19.1. The van der Waals surface area contributed by atoms with Crippen molar-refractivity contribution in [1.29, 1.82) is 0 Å². The van der Waals surface area contributed by atoms with Crippen LogP contribution in [0.15, 0.2) is 114 Å². The van der Waals surface area contributed by atoms with E-state index in [1.54, 1.807) is 0 Å². The fraction of sp³-hybridized carbons (Fsp3) is 0.0690. The standard InChI is InChI=1S/C29H24NOP/c1-21-18-25(23-12-6-3-7-13-23)19-22(2)28(21)27-20-30-29(24-14-8-4-9-15-24)32(27,31)26-16-10-5-11-17-26/h3-20H,1-2H3. The fourth-order valence-electron chi connectivity index (χ4n) is 4.53. The maximum absolute atomic E-state index is 14.9. The van der Waals surface area contributed by atoms with Crippen LogP contribution in [0.3, 0.4) is 0 Å². The van der Waals surface area contributed by atoms with Gasteiger partial charge >= 0.3 is 0 Å². The molecule has 4 aromatic carbocycles. The summed E-state index contributed by atoms with van der Waals surface area (Å²) < 4.78 is 14.9. The van der Waals surface area contributed by atoms with Crippen LogP contribution < -0.4 is 5.30 Å². The van der Waals surface area contributed by atoms with E-state index < -0.39 is 7.14 Å². The average molecular weight is 433 g/mol. The van der Waals surface area contributed by atoms with Crippen molar-refractivity contribution in [3.63, 3.8) is 0 Å². The minimum absolute atomic E-state index is 0.658. The Hall–Kier alpha value is -3.48. The smallest absolute Gasteiger partial charge is 0.191 e. The van der Waals surface area contributed by atoms with E-state index in [0.29, 0.717) is 5.45 Å².